The molecule has 0 bridgehead atoms. The van der Waals surface area contributed by atoms with Crippen molar-refractivity contribution in [2.24, 2.45) is 0 Å². The van der Waals surface area contributed by atoms with Crippen LogP contribution in [-0.4, -0.2) is 19.7 Å². The topological polar surface area (TPSA) is 34.0 Å². The van der Waals surface area contributed by atoms with E-state index in [-0.39, 0.29) is 0 Å². The first-order chi connectivity index (χ1) is 11.2. The van der Waals surface area contributed by atoms with Crippen molar-refractivity contribution >= 4 is 11.3 Å². The standard InChI is InChI=1S/C18H22N4S/c1-3-22-13-17(15(2)20-22)12-21(14-18-7-5-9-23-18)11-16-6-4-8-19-10-16/h4-10,13H,3,11-12,14H2,1-2H3. The third kappa shape index (κ3) is 4.27. The second-order valence-electron chi connectivity index (χ2n) is 5.68. The number of nitrogens with zero attached hydrogens (tertiary/aromatic N) is 4. The second-order valence-corrected chi connectivity index (χ2v) is 6.71. The Bertz CT molecular complexity index is 719. The van der Waals surface area contributed by atoms with Crippen molar-refractivity contribution in [3.8, 4) is 0 Å². The average molecular weight is 326 g/mol. The summed E-state index contributed by atoms with van der Waals surface area (Å²) in [6.45, 7) is 7.86. The molecule has 0 atom stereocenters. The first-order valence-corrected chi connectivity index (χ1v) is 8.79. The molecule has 4 nitrogen and oxygen atoms in total. The maximum Gasteiger partial charge on any atom is 0.0638 e. The van der Waals surface area contributed by atoms with Gasteiger partial charge < -0.3 is 0 Å². The monoisotopic (exact) mass is 326 g/mol. The highest BCUT2D eigenvalue weighted by molar-refractivity contribution is 7.09. The fourth-order valence-corrected chi connectivity index (χ4v) is 3.40. The Balaban J connectivity index is 1.77. The summed E-state index contributed by atoms with van der Waals surface area (Å²) in [4.78, 5) is 8.07. The molecule has 0 saturated heterocycles. The Labute approximate surface area is 141 Å². The third-order valence-electron chi connectivity index (χ3n) is 3.85. The Morgan fingerprint density at radius 2 is 2.09 bits per heavy atom. The molecule has 0 aromatic carbocycles. The molecule has 3 aromatic heterocycles. The highest BCUT2D eigenvalue weighted by Gasteiger charge is 2.12. The highest BCUT2D eigenvalue weighted by Crippen LogP contribution is 2.18. The van der Waals surface area contributed by atoms with E-state index in [1.807, 2.05) is 34.5 Å². The van der Waals surface area contributed by atoms with Gasteiger partial charge in [-0.05, 0) is 36.9 Å². The summed E-state index contributed by atoms with van der Waals surface area (Å²) in [5, 5.41) is 6.70. The van der Waals surface area contributed by atoms with Crippen molar-refractivity contribution in [1.29, 1.82) is 0 Å². The van der Waals surface area contributed by atoms with Crippen LogP contribution in [0.4, 0.5) is 0 Å². The minimum absolute atomic E-state index is 0.891. The van der Waals surface area contributed by atoms with Gasteiger partial charge in [-0.15, -0.1) is 11.3 Å². The molecule has 3 heterocycles. The number of aromatic nitrogens is 3. The lowest BCUT2D eigenvalue weighted by Crippen LogP contribution is -2.22. The summed E-state index contributed by atoms with van der Waals surface area (Å²) in [6.07, 6.45) is 5.94. The number of aryl methyl sites for hydroxylation is 2. The number of pyridine rings is 1. The molecule has 3 aromatic rings. The van der Waals surface area contributed by atoms with Gasteiger partial charge in [0.1, 0.15) is 0 Å². The lowest BCUT2D eigenvalue weighted by Gasteiger charge is -2.21. The number of hydrogen-bond acceptors (Lipinski definition) is 4. The molecule has 0 amide bonds. The largest absolute Gasteiger partial charge is 0.290 e. The summed E-state index contributed by atoms with van der Waals surface area (Å²) in [6, 6.07) is 8.45. The van der Waals surface area contributed by atoms with Crippen molar-refractivity contribution in [3.05, 3.63) is 69.9 Å². The van der Waals surface area contributed by atoms with E-state index in [0.717, 1.165) is 31.9 Å². The average Bonchev–Trinajstić information content (AvgIpc) is 3.18. The minimum atomic E-state index is 0.891. The van der Waals surface area contributed by atoms with Crippen LogP contribution in [0, 0.1) is 6.92 Å². The molecule has 0 aliphatic heterocycles. The van der Waals surface area contributed by atoms with Gasteiger partial charge in [0.25, 0.3) is 0 Å². The molecule has 5 heteroatoms. The lowest BCUT2D eigenvalue weighted by atomic mass is 10.2. The molecule has 3 rings (SSSR count). The van der Waals surface area contributed by atoms with Gasteiger partial charge in [-0.3, -0.25) is 14.6 Å². The van der Waals surface area contributed by atoms with Crippen LogP contribution in [0.5, 0.6) is 0 Å². The predicted molar refractivity (Wildman–Crippen MR) is 94.1 cm³/mol. The molecule has 0 aliphatic carbocycles. The zero-order valence-corrected chi connectivity index (χ0v) is 14.5. The number of thiophene rings is 1. The fourth-order valence-electron chi connectivity index (χ4n) is 2.66. The maximum absolute atomic E-state index is 4.57. The van der Waals surface area contributed by atoms with Gasteiger partial charge >= 0.3 is 0 Å². The van der Waals surface area contributed by atoms with E-state index in [2.05, 4.69) is 58.6 Å². The molecule has 0 radical (unpaired) electrons. The van der Waals surface area contributed by atoms with Gasteiger partial charge in [0, 0.05) is 55.2 Å². The van der Waals surface area contributed by atoms with E-state index < -0.39 is 0 Å². The number of rotatable bonds is 7. The van der Waals surface area contributed by atoms with E-state index in [9.17, 15) is 0 Å². The Morgan fingerprint density at radius 3 is 2.74 bits per heavy atom. The van der Waals surface area contributed by atoms with E-state index >= 15 is 0 Å². The Hall–Kier alpha value is -1.98. The van der Waals surface area contributed by atoms with Gasteiger partial charge in [-0.1, -0.05) is 12.1 Å². The quantitative estimate of drug-likeness (QED) is 0.661. The fraction of sp³-hybridized carbons (Fsp3) is 0.333. The first-order valence-electron chi connectivity index (χ1n) is 7.91. The summed E-state index contributed by atoms with van der Waals surface area (Å²) < 4.78 is 2.01. The summed E-state index contributed by atoms with van der Waals surface area (Å²) >= 11 is 1.81. The number of hydrogen-bond donors (Lipinski definition) is 0. The van der Waals surface area contributed by atoms with Crippen molar-refractivity contribution < 1.29 is 0 Å². The van der Waals surface area contributed by atoms with Crippen LogP contribution in [0.15, 0.2) is 48.2 Å². The summed E-state index contributed by atoms with van der Waals surface area (Å²) in [7, 11) is 0. The lowest BCUT2D eigenvalue weighted by molar-refractivity contribution is 0.249. The van der Waals surface area contributed by atoms with Crippen LogP contribution < -0.4 is 0 Å². The van der Waals surface area contributed by atoms with Gasteiger partial charge in [0.05, 0.1) is 5.69 Å². The highest BCUT2D eigenvalue weighted by atomic mass is 32.1. The van der Waals surface area contributed by atoms with Crippen molar-refractivity contribution in [2.45, 2.75) is 40.0 Å². The van der Waals surface area contributed by atoms with E-state index in [0.29, 0.717) is 0 Å². The van der Waals surface area contributed by atoms with Gasteiger partial charge in [0.15, 0.2) is 0 Å². The molecule has 0 spiro atoms. The van der Waals surface area contributed by atoms with Crippen LogP contribution >= 0.6 is 11.3 Å². The molecular formula is C18H22N4S. The van der Waals surface area contributed by atoms with E-state index in [1.165, 1.54) is 16.0 Å². The summed E-state index contributed by atoms with van der Waals surface area (Å²) in [5.41, 5.74) is 3.66. The van der Waals surface area contributed by atoms with Crippen molar-refractivity contribution in [1.82, 2.24) is 19.7 Å². The second kappa shape index (κ2) is 7.53. The van der Waals surface area contributed by atoms with E-state index in [4.69, 9.17) is 0 Å². The normalized spacial score (nSPS) is 11.3. The molecule has 0 N–H and O–H groups in total. The van der Waals surface area contributed by atoms with Gasteiger partial charge in [0.2, 0.25) is 0 Å². The van der Waals surface area contributed by atoms with E-state index in [1.54, 1.807) is 0 Å². The minimum Gasteiger partial charge on any atom is -0.290 e. The SMILES string of the molecule is CCn1cc(CN(Cc2cccnc2)Cc2cccs2)c(C)n1. The molecule has 0 unspecified atom stereocenters. The first kappa shape index (κ1) is 15.9. The molecule has 23 heavy (non-hydrogen) atoms. The van der Waals surface area contributed by atoms with Crippen molar-refractivity contribution in [2.75, 3.05) is 0 Å². The van der Waals surface area contributed by atoms with Crippen LogP contribution in [0.3, 0.4) is 0 Å². The Morgan fingerprint density at radius 1 is 1.17 bits per heavy atom. The zero-order chi connectivity index (χ0) is 16.1. The smallest absolute Gasteiger partial charge is 0.0638 e. The third-order valence-corrected chi connectivity index (χ3v) is 4.72. The molecule has 120 valence electrons. The zero-order valence-electron chi connectivity index (χ0n) is 13.6. The molecule has 0 saturated carbocycles. The molecule has 0 fully saturated rings. The molecular weight excluding hydrogens is 304 g/mol. The Kier molecular flexibility index (Phi) is 5.20. The van der Waals surface area contributed by atoms with Gasteiger partial charge in [-0.25, -0.2) is 0 Å². The maximum atomic E-state index is 4.57. The molecule has 0 aliphatic rings. The van der Waals surface area contributed by atoms with Gasteiger partial charge in [-0.2, -0.15) is 5.10 Å². The van der Waals surface area contributed by atoms with Crippen LogP contribution in [-0.2, 0) is 26.2 Å². The summed E-state index contributed by atoms with van der Waals surface area (Å²) in [5.74, 6) is 0. The van der Waals surface area contributed by atoms with Crippen LogP contribution in [0.1, 0.15) is 28.6 Å². The predicted octanol–water partition coefficient (Wildman–Crippen LogP) is 3.87. The van der Waals surface area contributed by atoms with Crippen LogP contribution in [0.25, 0.3) is 0 Å². The van der Waals surface area contributed by atoms with Crippen molar-refractivity contribution in [3.63, 3.8) is 0 Å². The van der Waals surface area contributed by atoms with Crippen LogP contribution in [0.2, 0.25) is 0 Å².